The quantitative estimate of drug-likeness (QED) is 0.109. The predicted octanol–water partition coefficient (Wildman–Crippen LogP) is 37.3. The van der Waals surface area contributed by atoms with Gasteiger partial charge in [-0.3, -0.25) is 0 Å². The van der Waals surface area contributed by atoms with Gasteiger partial charge < -0.3 is 0 Å². The highest BCUT2D eigenvalue weighted by Crippen LogP contribution is 2.54. The minimum Gasteiger partial charge on any atom is -0.248 e. The lowest BCUT2D eigenvalue weighted by Gasteiger charge is -2.15. The second-order valence-corrected chi connectivity index (χ2v) is 36.6. The highest BCUT2D eigenvalue weighted by molar-refractivity contribution is 6.22. The average molecular weight is 1780 g/mol. The molecule has 0 saturated carbocycles. The number of nitrogens with zero attached hydrogens (tertiary/aromatic N) is 3. The molecule has 3 aliphatic rings. The van der Waals surface area contributed by atoms with Crippen LogP contribution in [0, 0.1) is 0 Å². The van der Waals surface area contributed by atoms with E-state index in [4.69, 9.17) is 15.0 Å². The SMILES string of the molecule is c1ccc(-c2cc(-c3cccc(-c4ccc5c6c(cccc46)-c4ccccc4-5)c3)cc(-c3ccc(-c4ccccc4)c4ccccc34)n2)cc1.c1ccc(-c2cc(-c3cccc(-c4ccc5ccccc5c4)c3)nc(-c3ccc4c5c(cccc35)-c3ccccc3-4)c2)cc1.c1ccc(-c2cc(-c3ccccc3)cc(-c3cc(-c4ccccc4)cc(-c4ccc5c6c(cccc46)-c4ccccc4-5)n3)c2)cc1. The molecule has 3 aromatic heterocycles. The molecule has 0 atom stereocenters. The minimum absolute atomic E-state index is 0.956. The predicted molar refractivity (Wildman–Crippen MR) is 590 cm³/mol. The van der Waals surface area contributed by atoms with Gasteiger partial charge in [0.1, 0.15) is 0 Å². The Labute approximate surface area is 814 Å². The van der Waals surface area contributed by atoms with Crippen molar-refractivity contribution in [2.45, 2.75) is 0 Å². The minimum atomic E-state index is 0.956. The van der Waals surface area contributed by atoms with Crippen molar-refractivity contribution in [1.29, 1.82) is 0 Å². The smallest absolute Gasteiger partial charge is 0.0721 e. The molecule has 28 rings (SSSR count). The zero-order chi connectivity index (χ0) is 92.5. The largest absolute Gasteiger partial charge is 0.248 e. The summed E-state index contributed by atoms with van der Waals surface area (Å²) in [4.78, 5) is 16.1. The van der Waals surface area contributed by atoms with Crippen LogP contribution in [0.25, 0.3) is 277 Å². The van der Waals surface area contributed by atoms with E-state index in [0.717, 1.165) is 84.2 Å². The van der Waals surface area contributed by atoms with Crippen LogP contribution in [-0.2, 0) is 0 Å². The van der Waals surface area contributed by atoms with E-state index < -0.39 is 0 Å². The van der Waals surface area contributed by atoms with Crippen LogP contribution >= 0.6 is 0 Å². The number of hydrogen-bond acceptors (Lipinski definition) is 3. The fraction of sp³-hybridized carbons (Fsp3) is 0. The summed E-state index contributed by atoms with van der Waals surface area (Å²) in [6.45, 7) is 0. The van der Waals surface area contributed by atoms with Gasteiger partial charge in [-0.2, -0.15) is 0 Å². The average Bonchev–Trinajstić information content (AvgIpc) is 1.57. The first-order chi connectivity index (χ1) is 69.4. The van der Waals surface area contributed by atoms with Crippen molar-refractivity contribution >= 4 is 53.9 Å². The van der Waals surface area contributed by atoms with Crippen LogP contribution in [0.2, 0.25) is 0 Å². The summed E-state index contributed by atoms with van der Waals surface area (Å²) >= 11 is 0. The monoisotopic (exact) mass is 1770 g/mol. The molecule has 3 heteroatoms. The van der Waals surface area contributed by atoms with Gasteiger partial charge >= 0.3 is 0 Å². The van der Waals surface area contributed by atoms with Crippen molar-refractivity contribution in [2.75, 3.05) is 0 Å². The van der Waals surface area contributed by atoms with Gasteiger partial charge in [0.15, 0.2) is 0 Å². The Morgan fingerprint density at radius 2 is 0.329 bits per heavy atom. The molecule has 0 fully saturated rings. The van der Waals surface area contributed by atoms with Crippen LogP contribution in [0.5, 0.6) is 0 Å². The molecule has 25 aromatic rings. The van der Waals surface area contributed by atoms with E-state index in [0.29, 0.717) is 0 Å². The lowest BCUT2D eigenvalue weighted by Crippen LogP contribution is -1.94. The van der Waals surface area contributed by atoms with E-state index in [9.17, 15) is 0 Å². The molecule has 140 heavy (non-hydrogen) atoms. The maximum absolute atomic E-state index is 5.45. The van der Waals surface area contributed by atoms with Crippen LogP contribution in [0.3, 0.4) is 0 Å². The Kier molecular flexibility index (Phi) is 20.6. The summed E-state index contributed by atoms with van der Waals surface area (Å²) in [5, 5.41) is 12.7. The van der Waals surface area contributed by atoms with Crippen molar-refractivity contribution in [2.24, 2.45) is 0 Å². The summed E-state index contributed by atoms with van der Waals surface area (Å²) < 4.78 is 0. The molecule has 3 aliphatic carbocycles. The van der Waals surface area contributed by atoms with Crippen LogP contribution in [0.1, 0.15) is 0 Å². The Morgan fingerprint density at radius 3 is 0.771 bits per heavy atom. The summed E-state index contributed by atoms with van der Waals surface area (Å²) in [5.41, 5.74) is 47.2. The van der Waals surface area contributed by atoms with Crippen molar-refractivity contribution in [1.82, 2.24) is 15.0 Å². The highest BCUT2D eigenvalue weighted by atomic mass is 14.7. The van der Waals surface area contributed by atoms with E-state index in [2.05, 4.69) is 528 Å². The molecule has 0 unspecified atom stereocenters. The molecule has 0 radical (unpaired) electrons. The lowest BCUT2D eigenvalue weighted by molar-refractivity contribution is 1.33. The van der Waals surface area contributed by atoms with E-state index in [1.807, 2.05) is 0 Å². The van der Waals surface area contributed by atoms with Crippen LogP contribution in [0.4, 0.5) is 0 Å². The summed E-state index contributed by atoms with van der Waals surface area (Å²) in [6, 6.07) is 190. The van der Waals surface area contributed by atoms with Crippen molar-refractivity contribution in [3.8, 4) is 223 Å². The second kappa shape index (κ2) is 35.1. The molecule has 0 bridgehead atoms. The zero-order valence-electron chi connectivity index (χ0n) is 76.6. The van der Waals surface area contributed by atoms with Crippen LogP contribution in [0.15, 0.2) is 528 Å². The zero-order valence-corrected chi connectivity index (χ0v) is 76.6. The van der Waals surface area contributed by atoms with Crippen molar-refractivity contribution in [3.63, 3.8) is 0 Å². The summed E-state index contributed by atoms with van der Waals surface area (Å²) in [6.07, 6.45) is 0. The molecule has 650 valence electrons. The Hall–Kier alpha value is -18.4. The third-order valence-electron chi connectivity index (χ3n) is 28.4. The maximum atomic E-state index is 5.45. The Balaban J connectivity index is 0.000000108. The van der Waals surface area contributed by atoms with E-state index in [1.54, 1.807) is 0 Å². The fourth-order valence-corrected chi connectivity index (χ4v) is 21.8. The van der Waals surface area contributed by atoms with Gasteiger partial charge in [0, 0.05) is 33.4 Å². The van der Waals surface area contributed by atoms with Gasteiger partial charge in [0.05, 0.1) is 34.2 Å². The first-order valence-corrected chi connectivity index (χ1v) is 48.1. The van der Waals surface area contributed by atoms with Crippen LogP contribution in [-0.4, -0.2) is 15.0 Å². The second-order valence-electron chi connectivity index (χ2n) is 36.6. The first kappa shape index (κ1) is 82.3. The third kappa shape index (κ3) is 14.9. The molecular formula is C137H87N3. The molecular weight excluding hydrogens is 1690 g/mol. The van der Waals surface area contributed by atoms with E-state index in [1.165, 1.54) is 193 Å². The number of benzene rings is 22. The van der Waals surface area contributed by atoms with Gasteiger partial charge in [-0.05, 0) is 282 Å². The lowest BCUT2D eigenvalue weighted by atomic mass is 9.91. The maximum Gasteiger partial charge on any atom is 0.0721 e. The third-order valence-corrected chi connectivity index (χ3v) is 28.4. The Bertz CT molecular complexity index is 9060. The van der Waals surface area contributed by atoms with Crippen LogP contribution < -0.4 is 0 Å². The fourth-order valence-electron chi connectivity index (χ4n) is 21.8. The van der Waals surface area contributed by atoms with Gasteiger partial charge in [-0.25, -0.2) is 15.0 Å². The van der Waals surface area contributed by atoms with E-state index >= 15 is 0 Å². The molecule has 22 aromatic carbocycles. The van der Waals surface area contributed by atoms with E-state index in [-0.39, 0.29) is 0 Å². The molecule has 0 amide bonds. The number of aromatic nitrogens is 3. The topological polar surface area (TPSA) is 38.7 Å². The summed E-state index contributed by atoms with van der Waals surface area (Å²) in [7, 11) is 0. The first-order valence-electron chi connectivity index (χ1n) is 48.1. The molecule has 0 saturated heterocycles. The molecule has 0 spiro atoms. The number of rotatable bonds is 14. The number of fused-ring (bicyclic) bond motifs is 11. The van der Waals surface area contributed by atoms with Gasteiger partial charge in [-0.1, -0.05) is 455 Å². The number of pyridine rings is 3. The molecule has 3 nitrogen and oxygen atoms in total. The summed E-state index contributed by atoms with van der Waals surface area (Å²) in [5.74, 6) is 0. The normalized spacial score (nSPS) is 11.6. The molecule has 3 heterocycles. The Morgan fingerprint density at radius 1 is 0.0929 bits per heavy atom. The van der Waals surface area contributed by atoms with Crippen molar-refractivity contribution in [3.05, 3.63) is 528 Å². The number of hydrogen-bond donors (Lipinski definition) is 0. The highest BCUT2D eigenvalue weighted by Gasteiger charge is 2.28. The van der Waals surface area contributed by atoms with Crippen molar-refractivity contribution < 1.29 is 0 Å². The van der Waals surface area contributed by atoms with Gasteiger partial charge in [0.25, 0.3) is 0 Å². The van der Waals surface area contributed by atoms with Gasteiger partial charge in [-0.15, -0.1) is 0 Å². The molecule has 0 N–H and O–H groups in total. The molecule has 0 aliphatic heterocycles. The van der Waals surface area contributed by atoms with Gasteiger partial charge in [0.2, 0.25) is 0 Å². The standard InChI is InChI=1S/C49H31N.C45H29N.C43H27N/c1-3-13-32(14-4-1)37-25-27-43(40-20-8-7-19-39(37)40)48-31-36(30-47(50-48)33-15-5-2-6-16-33)34-17-11-18-35(29-34)38-26-28-46-42-22-10-9-21-41(42)45-24-12-23-44(38)49(45)46;1-4-13-30(14-5-1)33-25-34(31-15-6-2-7-16-31)27-36(26-33)43-28-35(32-17-8-3-9-18-32)29-44(46-43)39-23-24-42-38-20-11-10-19-37(38)40-21-12-22-41(39)45(40)42;1-2-10-28(11-3-1)34-26-41(33-15-8-14-31(25-33)32-21-20-29-12-4-5-13-30(29)24-32)44-42(27-34)37-22-23-40-36-17-7-6-16-35(36)38-18-9-19-39(37)43(38)40/h1-31H;1-29H;1-27H.